The minimum Gasteiger partial charge on any atom is -0.369 e. The van der Waals surface area contributed by atoms with Crippen LogP contribution >= 0.6 is 15.0 Å². The van der Waals surface area contributed by atoms with Crippen molar-refractivity contribution in [3.8, 4) is 0 Å². The van der Waals surface area contributed by atoms with Crippen molar-refractivity contribution >= 4 is 15.0 Å². The van der Waals surface area contributed by atoms with Crippen LogP contribution in [0.1, 0.15) is 116 Å². The Morgan fingerprint density at radius 3 is 1.84 bits per heavy atom. The van der Waals surface area contributed by atoms with Crippen molar-refractivity contribution in [2.75, 3.05) is 19.4 Å². The van der Waals surface area contributed by atoms with Crippen LogP contribution < -0.4 is 0 Å². The first-order chi connectivity index (χ1) is 18.3. The predicted octanol–water partition coefficient (Wildman–Crippen LogP) is 8.84. The maximum Gasteiger partial charge on any atom is 0.371 e. The summed E-state index contributed by atoms with van der Waals surface area (Å²) < 4.78 is 37.9. The van der Waals surface area contributed by atoms with E-state index < -0.39 is 20.0 Å². The lowest BCUT2D eigenvalue weighted by Gasteiger charge is -2.37. The number of unbranched alkanes of at least 4 members (excludes halogenated alkanes) is 11. The molecule has 0 spiro atoms. The second kappa shape index (κ2) is 20.1. The van der Waals surface area contributed by atoms with Gasteiger partial charge in [0.05, 0.1) is 13.2 Å². The van der Waals surface area contributed by atoms with Gasteiger partial charge in [-0.15, -0.1) is 0 Å². The first-order valence-corrected chi connectivity index (χ1v) is 18.1. The fourth-order valence-electron chi connectivity index (χ4n) is 4.53. The Morgan fingerprint density at radius 1 is 0.816 bits per heavy atom. The van der Waals surface area contributed by atoms with Crippen molar-refractivity contribution in [1.29, 1.82) is 0 Å². The van der Waals surface area contributed by atoms with Crippen LogP contribution in [0, 0.1) is 0 Å². The van der Waals surface area contributed by atoms with Gasteiger partial charge in [0.25, 0.3) is 0 Å². The summed E-state index contributed by atoms with van der Waals surface area (Å²) in [5.41, 5.74) is 0.820. The zero-order valence-corrected chi connectivity index (χ0v) is 25.8. The highest BCUT2D eigenvalue weighted by Crippen LogP contribution is 2.75. The monoisotopic (exact) mass is 573 g/mol. The van der Waals surface area contributed by atoms with Crippen molar-refractivity contribution in [3.63, 3.8) is 0 Å². The van der Waals surface area contributed by atoms with Gasteiger partial charge in [0, 0.05) is 18.6 Å². The van der Waals surface area contributed by atoms with Crippen LogP contribution in [0.15, 0.2) is 36.7 Å². The first kappa shape index (κ1) is 35.2. The standard InChI is InChI=1S/C29H53NO6P2/c1-4-7-8-9-10-11-12-13-14-15-16-17-18-19-20-24-29(31,38(34,35-5-2)36-6-3)37(32,33)27-23-28-21-25-30-26-22-28/h13-14,21-22,25-26,31H,4-12,15-20,23-24,27H2,1-3H3,(H,32,33). The number of hydrogen-bond donors (Lipinski definition) is 2. The maximum atomic E-state index is 13.6. The van der Waals surface area contributed by atoms with E-state index in [1.54, 1.807) is 38.4 Å². The minimum atomic E-state index is -4.34. The number of aryl methyl sites for hydroxylation is 1. The molecule has 9 heteroatoms. The normalized spacial score (nSPS) is 15.5. The summed E-state index contributed by atoms with van der Waals surface area (Å²) >= 11 is 0. The van der Waals surface area contributed by atoms with Gasteiger partial charge in [-0.1, -0.05) is 70.4 Å². The number of aliphatic hydroxyl groups is 1. The second-order valence-electron chi connectivity index (χ2n) is 9.97. The molecule has 1 aromatic rings. The number of allylic oxidation sites excluding steroid dienone is 2. The topological polar surface area (TPSA) is 106 Å². The van der Waals surface area contributed by atoms with Crippen LogP contribution in [0.5, 0.6) is 0 Å². The number of hydrogen-bond acceptors (Lipinski definition) is 6. The van der Waals surface area contributed by atoms with E-state index in [0.29, 0.717) is 6.42 Å². The summed E-state index contributed by atoms with van der Waals surface area (Å²) in [6.07, 6.45) is 22.2. The highest BCUT2D eigenvalue weighted by Gasteiger charge is 2.60. The summed E-state index contributed by atoms with van der Waals surface area (Å²) in [4.78, 5) is 15.0. The largest absolute Gasteiger partial charge is 0.371 e. The quantitative estimate of drug-likeness (QED) is 0.0723. The SMILES string of the molecule is CCCCCCCCC=CCCCCCCCC(O)(P(=O)(O)CCc1ccncc1)P(=O)(OCC)OCC. The zero-order valence-electron chi connectivity index (χ0n) is 24.1. The average Bonchev–Trinajstić information content (AvgIpc) is 2.90. The fraction of sp³-hybridized carbons (Fsp3) is 0.759. The Kier molecular flexibility index (Phi) is 18.7. The molecule has 2 N–H and O–H groups in total. The van der Waals surface area contributed by atoms with Crippen LogP contribution in [0.2, 0.25) is 0 Å². The third-order valence-electron chi connectivity index (χ3n) is 6.82. The van der Waals surface area contributed by atoms with Gasteiger partial charge in [-0.25, -0.2) is 0 Å². The Hall–Kier alpha value is -0.810. The van der Waals surface area contributed by atoms with E-state index in [1.807, 2.05) is 0 Å². The molecule has 0 aromatic carbocycles. The molecule has 0 fully saturated rings. The zero-order chi connectivity index (χ0) is 28.2. The van der Waals surface area contributed by atoms with Crippen molar-refractivity contribution in [1.82, 2.24) is 4.98 Å². The third kappa shape index (κ3) is 12.6. The second-order valence-corrected chi connectivity index (χ2v) is 15.2. The summed E-state index contributed by atoms with van der Waals surface area (Å²) in [6, 6.07) is 3.52. The van der Waals surface area contributed by atoms with Gasteiger partial charge in [0.1, 0.15) is 0 Å². The van der Waals surface area contributed by atoms with Crippen LogP contribution in [0.3, 0.4) is 0 Å². The summed E-state index contributed by atoms with van der Waals surface area (Å²) in [5.74, 6) is 0. The Balaban J connectivity index is 2.55. The molecule has 7 nitrogen and oxygen atoms in total. The van der Waals surface area contributed by atoms with Gasteiger partial charge in [0.2, 0.25) is 12.5 Å². The average molecular weight is 574 g/mol. The molecule has 0 amide bonds. The smallest absolute Gasteiger partial charge is 0.369 e. The van der Waals surface area contributed by atoms with Crippen molar-refractivity contribution in [2.45, 2.75) is 122 Å². The molecular weight excluding hydrogens is 520 g/mol. The van der Waals surface area contributed by atoms with Crippen LogP contribution in [0.4, 0.5) is 0 Å². The van der Waals surface area contributed by atoms with E-state index in [1.165, 1.54) is 38.5 Å². The van der Waals surface area contributed by atoms with Crippen molar-refractivity contribution in [2.24, 2.45) is 0 Å². The number of nitrogens with zero attached hydrogens (tertiary/aromatic N) is 1. The van der Waals surface area contributed by atoms with Gasteiger partial charge in [0.15, 0.2) is 0 Å². The van der Waals surface area contributed by atoms with Crippen molar-refractivity contribution in [3.05, 3.63) is 42.2 Å². The van der Waals surface area contributed by atoms with E-state index in [0.717, 1.165) is 44.1 Å². The molecule has 0 aliphatic carbocycles. The van der Waals surface area contributed by atoms with Crippen LogP contribution in [-0.4, -0.2) is 39.4 Å². The molecule has 2 atom stereocenters. The Bertz CT molecular complexity index is 841. The molecule has 1 heterocycles. The van der Waals surface area contributed by atoms with Gasteiger partial charge in [-0.2, -0.15) is 0 Å². The summed E-state index contributed by atoms with van der Waals surface area (Å²) in [7, 11) is -8.59. The molecule has 0 aliphatic rings. The molecule has 1 rings (SSSR count). The number of pyridine rings is 1. The van der Waals surface area contributed by atoms with E-state index in [9.17, 15) is 19.1 Å². The van der Waals surface area contributed by atoms with Crippen LogP contribution in [-0.2, 0) is 24.6 Å². The van der Waals surface area contributed by atoms with Gasteiger partial charge in [-0.3, -0.25) is 14.1 Å². The Labute approximate surface area is 231 Å². The maximum absolute atomic E-state index is 13.6. The summed E-state index contributed by atoms with van der Waals surface area (Å²) in [6.45, 7) is 5.53. The lowest BCUT2D eigenvalue weighted by Crippen LogP contribution is -2.32. The lowest BCUT2D eigenvalue weighted by molar-refractivity contribution is 0.105. The van der Waals surface area contributed by atoms with E-state index in [4.69, 9.17) is 9.05 Å². The van der Waals surface area contributed by atoms with Gasteiger partial charge >= 0.3 is 7.60 Å². The molecule has 0 saturated heterocycles. The molecule has 1 aromatic heterocycles. The number of rotatable bonds is 24. The van der Waals surface area contributed by atoms with E-state index in [2.05, 4.69) is 24.1 Å². The van der Waals surface area contributed by atoms with Gasteiger partial charge < -0.3 is 19.0 Å². The number of aromatic nitrogens is 1. The first-order valence-electron chi connectivity index (χ1n) is 14.7. The molecular formula is C29H53NO6P2. The molecule has 2 unspecified atom stereocenters. The highest BCUT2D eigenvalue weighted by atomic mass is 31.2. The molecule has 38 heavy (non-hydrogen) atoms. The molecule has 220 valence electrons. The summed E-state index contributed by atoms with van der Waals surface area (Å²) in [5, 5.41) is 9.12. The third-order valence-corrected chi connectivity index (χ3v) is 13.0. The molecule has 0 radical (unpaired) electrons. The minimum absolute atomic E-state index is 0.0102. The highest BCUT2D eigenvalue weighted by molar-refractivity contribution is 7.75. The van der Waals surface area contributed by atoms with E-state index in [-0.39, 0.29) is 32.2 Å². The van der Waals surface area contributed by atoms with Gasteiger partial charge in [-0.05, 0) is 76.5 Å². The van der Waals surface area contributed by atoms with E-state index >= 15 is 0 Å². The molecule has 0 saturated carbocycles. The van der Waals surface area contributed by atoms with Crippen LogP contribution in [0.25, 0.3) is 0 Å². The lowest BCUT2D eigenvalue weighted by atomic mass is 10.1. The Morgan fingerprint density at radius 2 is 1.32 bits per heavy atom. The predicted molar refractivity (Wildman–Crippen MR) is 158 cm³/mol. The molecule has 0 bridgehead atoms. The fourth-order valence-corrected chi connectivity index (χ4v) is 9.73. The molecule has 0 aliphatic heterocycles. The van der Waals surface area contributed by atoms with Crippen molar-refractivity contribution < 1.29 is 28.2 Å².